The second-order valence-electron chi connectivity index (χ2n) is 10.8. The van der Waals surface area contributed by atoms with Crippen LogP contribution in [0.15, 0.2) is 77.8 Å². The van der Waals surface area contributed by atoms with E-state index in [1.54, 1.807) is 0 Å². The lowest BCUT2D eigenvalue weighted by Gasteiger charge is -2.20. The van der Waals surface area contributed by atoms with Gasteiger partial charge >= 0.3 is 17.7 Å². The second kappa shape index (κ2) is 23.2. The van der Waals surface area contributed by atoms with Gasteiger partial charge in [0.05, 0.1) is 13.2 Å². The molecule has 0 unspecified atom stereocenters. The summed E-state index contributed by atoms with van der Waals surface area (Å²) >= 11 is 0. The van der Waals surface area contributed by atoms with Crippen LogP contribution in [0.4, 0.5) is 19.4 Å². The summed E-state index contributed by atoms with van der Waals surface area (Å²) in [6.07, 6.45) is 22.1. The Hall–Kier alpha value is -4.14. The zero-order chi connectivity index (χ0) is 35.0. The lowest BCUT2D eigenvalue weighted by Crippen LogP contribution is -2.42. The summed E-state index contributed by atoms with van der Waals surface area (Å²) < 4.78 is 45.0. The van der Waals surface area contributed by atoms with E-state index in [2.05, 4.69) is 83.3 Å². The van der Waals surface area contributed by atoms with Gasteiger partial charge in [-0.2, -0.15) is 13.8 Å². The van der Waals surface area contributed by atoms with E-state index in [9.17, 15) is 28.3 Å². The number of nitrogens with zero attached hydrogens (tertiary/aromatic N) is 2. The number of allylic oxidation sites excluding steroid dienone is 10. The van der Waals surface area contributed by atoms with Crippen LogP contribution in [0.5, 0.6) is 0 Å². The molecular weight excluding hydrogens is 628 g/mol. The first kappa shape index (κ1) is 40.0. The molecule has 0 bridgehead atoms. The molecule has 0 aliphatic carbocycles. The van der Waals surface area contributed by atoms with Crippen LogP contribution in [0, 0.1) is 0 Å². The number of aliphatic hydroxyl groups is 1. The molecule has 2 amide bonds. The topological polar surface area (TPSA) is 167 Å². The number of amides is 2. The molecule has 1 fully saturated rings. The van der Waals surface area contributed by atoms with Gasteiger partial charge in [-0.25, -0.2) is 9.59 Å². The van der Waals surface area contributed by atoms with Crippen molar-refractivity contribution < 1.29 is 37.7 Å². The normalized spacial score (nSPS) is 19.4. The molecule has 0 aromatic carbocycles. The predicted octanol–water partition coefficient (Wildman–Crippen LogP) is 4.50. The summed E-state index contributed by atoms with van der Waals surface area (Å²) in [5.74, 6) is -4.09. The molecule has 48 heavy (non-hydrogen) atoms. The molecule has 1 saturated heterocycles. The number of halogens is 2. The number of nitrogen functional groups attached to an aromatic ring is 1. The number of carbonyl (C=O) groups excluding carboxylic acids is 2. The summed E-state index contributed by atoms with van der Waals surface area (Å²) in [4.78, 5) is 39.2. The zero-order valence-corrected chi connectivity index (χ0v) is 27.5. The van der Waals surface area contributed by atoms with Gasteiger partial charge in [-0.05, 0) is 51.0 Å². The Balaban J connectivity index is 1.45. The number of nitrogens with two attached hydrogens (primary N) is 1. The van der Waals surface area contributed by atoms with Crippen molar-refractivity contribution in [3.8, 4) is 0 Å². The number of carbonyl (C=O) groups is 2. The van der Waals surface area contributed by atoms with E-state index < -0.39 is 42.7 Å². The predicted molar refractivity (Wildman–Crippen MR) is 179 cm³/mol. The first-order valence-corrected chi connectivity index (χ1v) is 16.2. The smallest absolute Gasteiger partial charge is 0.407 e. The fourth-order valence-electron chi connectivity index (χ4n) is 4.35. The third-order valence-corrected chi connectivity index (χ3v) is 6.88. The highest BCUT2D eigenvalue weighted by Crippen LogP contribution is 2.42. The molecule has 1 aromatic heterocycles. The Bertz CT molecular complexity index is 1310. The van der Waals surface area contributed by atoms with Gasteiger partial charge in [0.1, 0.15) is 18.5 Å². The van der Waals surface area contributed by atoms with Crippen molar-refractivity contribution in [2.75, 3.05) is 38.6 Å². The molecule has 1 aliphatic heterocycles. The first-order valence-electron chi connectivity index (χ1n) is 16.2. The van der Waals surface area contributed by atoms with E-state index in [1.165, 1.54) is 0 Å². The van der Waals surface area contributed by atoms with Crippen molar-refractivity contribution in [1.82, 2.24) is 20.2 Å². The van der Waals surface area contributed by atoms with Crippen LogP contribution in [0.3, 0.4) is 0 Å². The number of alkyl halides is 2. The molecule has 266 valence electrons. The fraction of sp³-hybridized carbons (Fsp3) is 0.529. The second-order valence-corrected chi connectivity index (χ2v) is 10.8. The maximum absolute atomic E-state index is 14.5. The summed E-state index contributed by atoms with van der Waals surface area (Å²) in [5.41, 5.74) is 4.29. The first-order chi connectivity index (χ1) is 23.2. The molecule has 0 radical (unpaired) electrons. The van der Waals surface area contributed by atoms with Gasteiger partial charge < -0.3 is 35.7 Å². The monoisotopic (exact) mass is 677 g/mol. The molecule has 14 heteroatoms. The lowest BCUT2D eigenvalue weighted by atomic mass is 10.1. The molecule has 1 aliphatic rings. The van der Waals surface area contributed by atoms with E-state index in [0.717, 1.165) is 57.2 Å². The van der Waals surface area contributed by atoms with Gasteiger partial charge in [0.2, 0.25) is 12.1 Å². The van der Waals surface area contributed by atoms with E-state index in [4.69, 9.17) is 19.9 Å². The molecule has 1 aromatic rings. The quantitative estimate of drug-likeness (QED) is 0.102. The average Bonchev–Trinajstić information content (AvgIpc) is 3.28. The maximum Gasteiger partial charge on any atom is 0.407 e. The third kappa shape index (κ3) is 15.6. The van der Waals surface area contributed by atoms with Gasteiger partial charge in [0.15, 0.2) is 6.10 Å². The Morgan fingerprint density at radius 1 is 1.00 bits per heavy atom. The van der Waals surface area contributed by atoms with E-state index in [0.29, 0.717) is 17.5 Å². The molecule has 12 nitrogen and oxygen atoms in total. The molecule has 2 heterocycles. The van der Waals surface area contributed by atoms with Crippen molar-refractivity contribution in [3.05, 3.63) is 83.5 Å². The largest absolute Gasteiger partial charge is 0.447 e. The van der Waals surface area contributed by atoms with E-state index in [1.807, 2.05) is 0 Å². The summed E-state index contributed by atoms with van der Waals surface area (Å²) in [7, 11) is 0. The number of aliphatic hydroxyl groups excluding tert-OH is 1. The minimum Gasteiger partial charge on any atom is -0.447 e. The summed E-state index contributed by atoms with van der Waals surface area (Å²) in [6.45, 7) is 2.15. The van der Waals surface area contributed by atoms with Gasteiger partial charge in [0.25, 0.3) is 0 Å². The lowest BCUT2D eigenvalue weighted by molar-refractivity contribution is -0.140. The van der Waals surface area contributed by atoms with E-state index >= 15 is 0 Å². The highest BCUT2D eigenvalue weighted by molar-refractivity contribution is 5.75. The molecule has 0 spiro atoms. The number of hydrogen-bond donors (Lipinski definition) is 4. The number of alkyl carbamates (subject to hydrolysis) is 1. The average molecular weight is 678 g/mol. The van der Waals surface area contributed by atoms with Crippen LogP contribution in [-0.4, -0.2) is 77.7 Å². The Kier molecular flexibility index (Phi) is 19.4. The number of anilines is 1. The van der Waals surface area contributed by atoms with Crippen molar-refractivity contribution in [3.63, 3.8) is 0 Å². The Labute approximate surface area is 280 Å². The molecule has 2 rings (SSSR count). The number of rotatable bonds is 22. The van der Waals surface area contributed by atoms with E-state index in [-0.39, 0.29) is 31.5 Å². The fourth-order valence-corrected chi connectivity index (χ4v) is 4.35. The van der Waals surface area contributed by atoms with Crippen LogP contribution < -0.4 is 22.1 Å². The number of nitrogens with one attached hydrogen (secondary N) is 2. The SMILES string of the molecule is CC/C=C\C/C=C\C/C=C\C/C=C\C/C=C\CCCC(=O)NCCOCCNC(=O)OC[C@H]1O[C@@H](n2ccc(N)nc2=O)C(F)(F)[C@@H]1O. The number of hydrogen-bond acceptors (Lipinski definition) is 9. The van der Waals surface area contributed by atoms with Crippen LogP contribution in [0.25, 0.3) is 0 Å². The molecule has 0 saturated carbocycles. The molecular formula is C34H49F2N5O7. The molecule has 5 N–H and O–H groups in total. The minimum absolute atomic E-state index is 0.0550. The third-order valence-electron chi connectivity index (χ3n) is 6.88. The van der Waals surface area contributed by atoms with Crippen LogP contribution in [0.2, 0.25) is 0 Å². The number of ether oxygens (including phenoxy) is 3. The number of aromatic nitrogens is 2. The van der Waals surface area contributed by atoms with Gasteiger partial charge in [0, 0.05) is 25.7 Å². The van der Waals surface area contributed by atoms with Crippen LogP contribution >= 0.6 is 0 Å². The standard InChI is InChI=1S/C34H49F2N5O7/c1-2-3-4-5-6-7-8-9-10-11-12-13-14-15-16-17-18-19-29(42)38-21-24-46-25-22-39-33(45)47-26-27-30(43)34(35,36)31(48-27)41-23-20-28(37)40-32(41)44/h3-4,6-7,9-10,12-13,15-16,20,23,27,30-31,43H,2,5,8,11,14,17-19,21-22,24-26H2,1H3,(H,38,42)(H,39,45)(H2,37,40,44)/b4-3-,7-6-,10-9-,13-12-,16-15-/t27-,30-,31-/m1/s1. The van der Waals surface area contributed by atoms with Crippen molar-refractivity contribution >= 4 is 17.8 Å². The van der Waals surface area contributed by atoms with Gasteiger partial charge in [-0.1, -0.05) is 67.7 Å². The maximum atomic E-state index is 14.5. The molecule has 3 atom stereocenters. The van der Waals surface area contributed by atoms with Crippen LogP contribution in [-0.2, 0) is 19.0 Å². The van der Waals surface area contributed by atoms with Gasteiger partial charge in [-0.15, -0.1) is 0 Å². The summed E-state index contributed by atoms with van der Waals surface area (Å²) in [6, 6.07) is 1.14. The van der Waals surface area contributed by atoms with Crippen molar-refractivity contribution in [1.29, 1.82) is 0 Å². The summed E-state index contributed by atoms with van der Waals surface area (Å²) in [5, 5.41) is 15.1. The number of unbranched alkanes of at least 4 members (excludes halogenated alkanes) is 1. The highest BCUT2D eigenvalue weighted by atomic mass is 19.3. The minimum atomic E-state index is -3.86. The van der Waals surface area contributed by atoms with Crippen LogP contribution in [0.1, 0.15) is 64.5 Å². The highest BCUT2D eigenvalue weighted by Gasteiger charge is 2.60. The van der Waals surface area contributed by atoms with Crippen molar-refractivity contribution in [2.24, 2.45) is 0 Å². The zero-order valence-electron chi connectivity index (χ0n) is 27.5. The van der Waals surface area contributed by atoms with Gasteiger partial charge in [-0.3, -0.25) is 9.36 Å². The Morgan fingerprint density at radius 2 is 1.58 bits per heavy atom. The van der Waals surface area contributed by atoms with Crippen molar-refractivity contribution in [2.45, 2.75) is 82.6 Å². The Morgan fingerprint density at radius 3 is 2.19 bits per heavy atom.